The van der Waals surface area contributed by atoms with Crippen LogP contribution < -0.4 is 0 Å². The van der Waals surface area contributed by atoms with E-state index >= 15 is 0 Å². The summed E-state index contributed by atoms with van der Waals surface area (Å²) in [6.45, 7) is 9.13. The van der Waals surface area contributed by atoms with Crippen LogP contribution in [0.15, 0.2) is 29.2 Å². The summed E-state index contributed by atoms with van der Waals surface area (Å²) in [6.07, 6.45) is 1.10. The first-order valence-corrected chi connectivity index (χ1v) is 8.70. The fourth-order valence-corrected chi connectivity index (χ4v) is 3.92. The van der Waals surface area contributed by atoms with Crippen LogP contribution in [0.25, 0.3) is 0 Å². The van der Waals surface area contributed by atoms with E-state index in [2.05, 4.69) is 18.7 Å². The quantitative estimate of drug-likeness (QED) is 0.854. The molecule has 4 nitrogen and oxygen atoms in total. The van der Waals surface area contributed by atoms with Crippen LogP contribution in [0.4, 0.5) is 0 Å². The van der Waals surface area contributed by atoms with Gasteiger partial charge in [0.15, 0.2) is 0 Å². The van der Waals surface area contributed by atoms with E-state index in [1.165, 1.54) is 0 Å². The highest BCUT2D eigenvalue weighted by Gasteiger charge is 2.29. The van der Waals surface area contributed by atoms with Crippen molar-refractivity contribution in [2.75, 3.05) is 26.2 Å². The molecule has 0 spiro atoms. The number of benzene rings is 1. The highest BCUT2D eigenvalue weighted by Crippen LogP contribution is 2.19. The second kappa shape index (κ2) is 6.24. The van der Waals surface area contributed by atoms with Crippen LogP contribution in [-0.4, -0.2) is 49.8 Å². The molecule has 0 aromatic heterocycles. The average molecular weight is 296 g/mol. The summed E-state index contributed by atoms with van der Waals surface area (Å²) in [5, 5.41) is 0. The Morgan fingerprint density at radius 1 is 1.10 bits per heavy atom. The molecule has 1 aliphatic heterocycles. The van der Waals surface area contributed by atoms with Gasteiger partial charge in [-0.05, 0) is 32.4 Å². The lowest BCUT2D eigenvalue weighted by Gasteiger charge is -2.37. The molecule has 5 heteroatoms. The van der Waals surface area contributed by atoms with Gasteiger partial charge in [-0.3, -0.25) is 4.90 Å². The second-order valence-electron chi connectivity index (χ2n) is 5.51. The summed E-state index contributed by atoms with van der Waals surface area (Å²) >= 11 is 0. The third kappa shape index (κ3) is 3.22. The molecule has 0 unspecified atom stereocenters. The minimum atomic E-state index is -3.33. The summed E-state index contributed by atoms with van der Waals surface area (Å²) < 4.78 is 26.7. The van der Waals surface area contributed by atoms with Crippen molar-refractivity contribution in [1.29, 1.82) is 0 Å². The van der Waals surface area contributed by atoms with Crippen LogP contribution in [0.5, 0.6) is 0 Å². The Morgan fingerprint density at radius 2 is 1.65 bits per heavy atom. The molecule has 1 fully saturated rings. The van der Waals surface area contributed by atoms with Gasteiger partial charge >= 0.3 is 0 Å². The largest absolute Gasteiger partial charge is 0.298 e. The van der Waals surface area contributed by atoms with Gasteiger partial charge in [0, 0.05) is 32.2 Å². The van der Waals surface area contributed by atoms with E-state index in [-0.39, 0.29) is 0 Å². The maximum absolute atomic E-state index is 12.6. The second-order valence-corrected chi connectivity index (χ2v) is 7.45. The number of rotatable bonds is 4. The van der Waals surface area contributed by atoms with Crippen molar-refractivity contribution in [3.63, 3.8) is 0 Å². The van der Waals surface area contributed by atoms with E-state index in [9.17, 15) is 8.42 Å². The molecule has 1 aromatic rings. The Balaban J connectivity index is 2.07. The van der Waals surface area contributed by atoms with Crippen LogP contribution in [0, 0.1) is 6.92 Å². The minimum absolute atomic E-state index is 0.403. The Hall–Kier alpha value is -0.910. The van der Waals surface area contributed by atoms with Crippen molar-refractivity contribution in [3.8, 4) is 0 Å². The highest BCUT2D eigenvalue weighted by molar-refractivity contribution is 7.89. The molecule has 1 saturated heterocycles. The first-order chi connectivity index (χ1) is 9.45. The van der Waals surface area contributed by atoms with Crippen LogP contribution in [0.3, 0.4) is 0 Å². The Morgan fingerprint density at radius 3 is 2.15 bits per heavy atom. The lowest BCUT2D eigenvalue weighted by Crippen LogP contribution is -2.51. The number of sulfonamides is 1. The molecule has 1 aromatic carbocycles. The summed E-state index contributed by atoms with van der Waals surface area (Å²) in [5.41, 5.74) is 1.07. The molecule has 2 rings (SSSR count). The summed E-state index contributed by atoms with van der Waals surface area (Å²) in [6, 6.07) is 7.63. The molecule has 1 heterocycles. The van der Waals surface area contributed by atoms with Crippen molar-refractivity contribution >= 4 is 10.0 Å². The standard InChI is InChI=1S/C15H24N2O2S/c1-4-14(3)16-9-11-17(12-10-16)20(18,19)15-7-5-13(2)6-8-15/h5-8,14H,4,9-12H2,1-3H3/t14-/m1/s1. The van der Waals surface area contributed by atoms with E-state index in [1.807, 2.05) is 19.1 Å². The van der Waals surface area contributed by atoms with Gasteiger partial charge < -0.3 is 0 Å². The Kier molecular flexibility index (Phi) is 4.83. The third-order valence-electron chi connectivity index (χ3n) is 4.15. The lowest BCUT2D eigenvalue weighted by molar-refractivity contribution is 0.142. The zero-order chi connectivity index (χ0) is 14.8. The van der Waals surface area contributed by atoms with Crippen LogP contribution >= 0.6 is 0 Å². The van der Waals surface area contributed by atoms with Crippen LogP contribution in [0.2, 0.25) is 0 Å². The van der Waals surface area contributed by atoms with Crippen molar-refractivity contribution in [2.45, 2.75) is 38.1 Å². The van der Waals surface area contributed by atoms with Crippen molar-refractivity contribution in [2.24, 2.45) is 0 Å². The molecule has 1 aliphatic rings. The molecular formula is C15H24N2O2S. The van der Waals surface area contributed by atoms with E-state index in [1.54, 1.807) is 16.4 Å². The number of hydrogen-bond acceptors (Lipinski definition) is 3. The van der Waals surface area contributed by atoms with E-state index in [4.69, 9.17) is 0 Å². The smallest absolute Gasteiger partial charge is 0.243 e. The van der Waals surface area contributed by atoms with Crippen LogP contribution in [0.1, 0.15) is 25.8 Å². The van der Waals surface area contributed by atoms with Crippen molar-refractivity contribution in [1.82, 2.24) is 9.21 Å². The number of aryl methyl sites for hydroxylation is 1. The maximum Gasteiger partial charge on any atom is 0.243 e. The number of nitrogens with zero attached hydrogens (tertiary/aromatic N) is 2. The molecular weight excluding hydrogens is 272 g/mol. The molecule has 0 aliphatic carbocycles. The molecule has 0 radical (unpaired) electrons. The molecule has 0 bridgehead atoms. The van der Waals surface area contributed by atoms with Gasteiger partial charge in [-0.15, -0.1) is 0 Å². The lowest BCUT2D eigenvalue weighted by atomic mass is 10.2. The fraction of sp³-hybridized carbons (Fsp3) is 0.600. The molecule has 0 saturated carbocycles. The zero-order valence-electron chi connectivity index (χ0n) is 12.5. The molecule has 112 valence electrons. The predicted octanol–water partition coefficient (Wildman–Crippen LogP) is 2.10. The van der Waals surface area contributed by atoms with Crippen LogP contribution in [-0.2, 0) is 10.0 Å². The van der Waals surface area contributed by atoms with Gasteiger partial charge in [0.05, 0.1) is 4.90 Å². The molecule has 1 atom stereocenters. The molecule has 0 N–H and O–H groups in total. The van der Waals surface area contributed by atoms with Crippen molar-refractivity contribution < 1.29 is 8.42 Å². The van der Waals surface area contributed by atoms with E-state index < -0.39 is 10.0 Å². The summed E-state index contributed by atoms with van der Waals surface area (Å²) in [7, 11) is -3.33. The van der Waals surface area contributed by atoms with Gasteiger partial charge in [0.2, 0.25) is 10.0 Å². The maximum atomic E-state index is 12.6. The van der Waals surface area contributed by atoms with E-state index in [0.717, 1.165) is 25.1 Å². The minimum Gasteiger partial charge on any atom is -0.298 e. The normalized spacial score (nSPS) is 19.9. The fourth-order valence-electron chi connectivity index (χ4n) is 2.50. The Bertz CT molecular complexity index is 531. The first-order valence-electron chi connectivity index (χ1n) is 7.26. The van der Waals surface area contributed by atoms with E-state index in [0.29, 0.717) is 24.0 Å². The summed E-state index contributed by atoms with van der Waals surface area (Å²) in [4.78, 5) is 2.77. The zero-order valence-corrected chi connectivity index (χ0v) is 13.4. The highest BCUT2D eigenvalue weighted by atomic mass is 32.2. The predicted molar refractivity (Wildman–Crippen MR) is 81.3 cm³/mol. The summed E-state index contributed by atoms with van der Waals surface area (Å²) in [5.74, 6) is 0. The average Bonchev–Trinajstić information content (AvgIpc) is 2.47. The Labute approximate surface area is 122 Å². The molecule has 0 amide bonds. The van der Waals surface area contributed by atoms with Gasteiger partial charge in [-0.2, -0.15) is 4.31 Å². The van der Waals surface area contributed by atoms with Gasteiger partial charge in [-0.1, -0.05) is 24.6 Å². The monoisotopic (exact) mass is 296 g/mol. The third-order valence-corrected chi connectivity index (χ3v) is 6.06. The SMILES string of the molecule is CC[C@@H](C)N1CCN(S(=O)(=O)c2ccc(C)cc2)CC1. The topological polar surface area (TPSA) is 40.6 Å². The number of hydrogen-bond donors (Lipinski definition) is 0. The van der Waals surface area contributed by atoms with Gasteiger partial charge in [0.1, 0.15) is 0 Å². The number of piperazine rings is 1. The first kappa shape index (κ1) is 15.5. The van der Waals surface area contributed by atoms with Crippen molar-refractivity contribution in [3.05, 3.63) is 29.8 Å². The van der Waals surface area contributed by atoms with Gasteiger partial charge in [-0.25, -0.2) is 8.42 Å². The molecule has 20 heavy (non-hydrogen) atoms. The van der Waals surface area contributed by atoms with Gasteiger partial charge in [0.25, 0.3) is 0 Å².